The van der Waals surface area contributed by atoms with E-state index in [1.807, 2.05) is 12.1 Å². The summed E-state index contributed by atoms with van der Waals surface area (Å²) in [4.78, 5) is 27.4. The number of benzene rings is 2. The van der Waals surface area contributed by atoms with E-state index in [1.165, 1.54) is 4.68 Å². The number of hydrogen-bond acceptors (Lipinski definition) is 6. The molecule has 0 aliphatic carbocycles. The fraction of sp³-hybridized carbons (Fsp3) is 0.333. The Morgan fingerprint density at radius 2 is 1.76 bits per heavy atom. The van der Waals surface area contributed by atoms with Crippen LogP contribution in [0.1, 0.15) is 29.2 Å². The highest BCUT2D eigenvalue weighted by atomic mass is 16.5. The van der Waals surface area contributed by atoms with Crippen molar-refractivity contribution in [1.82, 2.24) is 19.9 Å². The lowest BCUT2D eigenvalue weighted by atomic mass is 10.0. The molecule has 0 saturated carbocycles. The summed E-state index contributed by atoms with van der Waals surface area (Å²) in [5.74, 6) is 1.03. The molecule has 1 fully saturated rings. The van der Waals surface area contributed by atoms with E-state index in [-0.39, 0.29) is 17.5 Å². The van der Waals surface area contributed by atoms with Gasteiger partial charge in [-0.3, -0.25) is 9.59 Å². The number of carbonyl (C=O) groups is 1. The third kappa shape index (κ3) is 3.53. The van der Waals surface area contributed by atoms with Gasteiger partial charge in [-0.1, -0.05) is 17.3 Å². The minimum atomic E-state index is -0.139. The van der Waals surface area contributed by atoms with Crippen molar-refractivity contribution in [2.45, 2.75) is 18.9 Å². The van der Waals surface area contributed by atoms with E-state index in [9.17, 15) is 9.59 Å². The molecule has 1 saturated heterocycles. The van der Waals surface area contributed by atoms with Crippen LogP contribution < -0.4 is 15.0 Å². The zero-order valence-electron chi connectivity index (χ0n) is 16.4. The minimum Gasteiger partial charge on any atom is -0.493 e. The van der Waals surface area contributed by atoms with Crippen LogP contribution in [0.2, 0.25) is 0 Å². The summed E-state index contributed by atoms with van der Waals surface area (Å²) < 4.78 is 12.0. The number of nitrogens with zero attached hydrogens (tertiary/aromatic N) is 4. The first-order chi connectivity index (χ1) is 14.1. The summed E-state index contributed by atoms with van der Waals surface area (Å²) in [5.41, 5.74) is 0.999. The summed E-state index contributed by atoms with van der Waals surface area (Å²) in [6, 6.07) is 12.3. The third-order valence-corrected chi connectivity index (χ3v) is 5.32. The van der Waals surface area contributed by atoms with Crippen molar-refractivity contribution < 1.29 is 14.3 Å². The molecule has 3 aromatic rings. The third-order valence-electron chi connectivity index (χ3n) is 5.32. The van der Waals surface area contributed by atoms with Crippen LogP contribution in [-0.2, 0) is 0 Å². The Bertz CT molecular complexity index is 1100. The lowest BCUT2D eigenvalue weighted by Crippen LogP contribution is -2.41. The first kappa shape index (κ1) is 18.9. The van der Waals surface area contributed by atoms with Crippen LogP contribution in [0.3, 0.4) is 0 Å². The normalized spacial score (nSPS) is 14.8. The second kappa shape index (κ2) is 7.90. The van der Waals surface area contributed by atoms with Gasteiger partial charge in [0.25, 0.3) is 11.5 Å². The highest BCUT2D eigenvalue weighted by Crippen LogP contribution is 2.29. The van der Waals surface area contributed by atoms with Crippen LogP contribution in [0, 0.1) is 0 Å². The largest absolute Gasteiger partial charge is 0.493 e. The van der Waals surface area contributed by atoms with Gasteiger partial charge in [-0.05, 0) is 43.2 Å². The number of hydrogen-bond donors (Lipinski definition) is 0. The summed E-state index contributed by atoms with van der Waals surface area (Å²) in [6.07, 6.45) is 1.29. The number of carbonyl (C=O) groups excluding carboxylic acids is 1. The number of amides is 1. The number of fused-ring (bicyclic) bond motifs is 1. The van der Waals surface area contributed by atoms with Gasteiger partial charge >= 0.3 is 0 Å². The molecule has 8 heteroatoms. The predicted molar refractivity (Wildman–Crippen MR) is 108 cm³/mol. The topological polar surface area (TPSA) is 86.5 Å². The van der Waals surface area contributed by atoms with Crippen LogP contribution in [0.15, 0.2) is 47.3 Å². The maximum Gasteiger partial charge on any atom is 0.277 e. The molecule has 2 heterocycles. The van der Waals surface area contributed by atoms with Gasteiger partial charge in [-0.15, -0.1) is 5.10 Å². The Balaban J connectivity index is 1.49. The molecule has 0 unspecified atom stereocenters. The van der Waals surface area contributed by atoms with Crippen molar-refractivity contribution in [3.63, 3.8) is 0 Å². The zero-order chi connectivity index (χ0) is 20.4. The fourth-order valence-electron chi connectivity index (χ4n) is 3.71. The molecular formula is C21H22N4O4. The number of likely N-dealkylation sites (tertiary alicyclic amines) is 1. The Morgan fingerprint density at radius 1 is 1.03 bits per heavy atom. The zero-order valence-corrected chi connectivity index (χ0v) is 16.4. The van der Waals surface area contributed by atoms with E-state index in [2.05, 4.69) is 10.3 Å². The Kier molecular flexibility index (Phi) is 5.16. The smallest absolute Gasteiger partial charge is 0.277 e. The maximum absolute atomic E-state index is 12.9. The van der Waals surface area contributed by atoms with E-state index in [0.717, 1.165) is 0 Å². The number of piperidine rings is 1. The first-order valence-corrected chi connectivity index (χ1v) is 9.48. The lowest BCUT2D eigenvalue weighted by Gasteiger charge is -2.32. The van der Waals surface area contributed by atoms with Crippen LogP contribution in [0.5, 0.6) is 11.5 Å². The molecule has 0 bridgehead atoms. The Labute approximate surface area is 167 Å². The second-order valence-corrected chi connectivity index (χ2v) is 6.95. The fourth-order valence-corrected chi connectivity index (χ4v) is 3.71. The van der Waals surface area contributed by atoms with Gasteiger partial charge in [0.2, 0.25) is 0 Å². The van der Waals surface area contributed by atoms with Crippen LogP contribution >= 0.6 is 0 Å². The Hall–Kier alpha value is -3.42. The van der Waals surface area contributed by atoms with Gasteiger partial charge in [0.05, 0.1) is 25.6 Å². The monoisotopic (exact) mass is 394 g/mol. The minimum absolute atomic E-state index is 0.0682. The highest BCUT2D eigenvalue weighted by Gasteiger charge is 2.27. The van der Waals surface area contributed by atoms with Gasteiger partial charge in [0.15, 0.2) is 11.5 Å². The van der Waals surface area contributed by atoms with Crippen molar-refractivity contribution >= 4 is 16.8 Å². The van der Waals surface area contributed by atoms with Gasteiger partial charge in [-0.2, -0.15) is 0 Å². The van der Waals surface area contributed by atoms with Crippen LogP contribution in [0.4, 0.5) is 0 Å². The number of methoxy groups -OCH3 is 2. The summed E-state index contributed by atoms with van der Waals surface area (Å²) in [6.45, 7) is 1.08. The van der Waals surface area contributed by atoms with E-state index in [1.54, 1.807) is 49.5 Å². The number of rotatable bonds is 4. The molecule has 1 aliphatic rings. The van der Waals surface area contributed by atoms with Gasteiger partial charge < -0.3 is 14.4 Å². The van der Waals surface area contributed by atoms with E-state index in [0.29, 0.717) is 53.9 Å². The molecule has 1 aliphatic heterocycles. The van der Waals surface area contributed by atoms with Gasteiger partial charge in [-0.25, -0.2) is 4.68 Å². The number of aromatic nitrogens is 3. The molecule has 150 valence electrons. The van der Waals surface area contributed by atoms with Crippen molar-refractivity contribution in [2.75, 3.05) is 27.3 Å². The molecule has 8 nitrogen and oxygen atoms in total. The average Bonchev–Trinajstić information content (AvgIpc) is 2.78. The maximum atomic E-state index is 12.9. The Morgan fingerprint density at radius 3 is 2.48 bits per heavy atom. The van der Waals surface area contributed by atoms with Gasteiger partial charge in [0, 0.05) is 18.7 Å². The van der Waals surface area contributed by atoms with E-state index >= 15 is 0 Å². The molecule has 0 N–H and O–H groups in total. The van der Waals surface area contributed by atoms with E-state index in [4.69, 9.17) is 9.47 Å². The summed E-state index contributed by atoms with van der Waals surface area (Å²) in [5, 5.41) is 8.84. The summed E-state index contributed by atoms with van der Waals surface area (Å²) in [7, 11) is 3.10. The standard InChI is InChI=1S/C21H22N4O4/c1-28-18-8-7-14(13-19(18)29-2)20(26)24-11-9-15(10-12-24)25-21(27)16-5-3-4-6-17(16)22-23-25/h3-8,13,15H,9-12H2,1-2H3. The summed E-state index contributed by atoms with van der Waals surface area (Å²) >= 11 is 0. The first-order valence-electron chi connectivity index (χ1n) is 9.48. The highest BCUT2D eigenvalue weighted by molar-refractivity contribution is 5.95. The van der Waals surface area contributed by atoms with Crippen LogP contribution in [0.25, 0.3) is 10.9 Å². The average molecular weight is 394 g/mol. The predicted octanol–water partition coefficient (Wildman–Crippen LogP) is 2.29. The van der Waals surface area contributed by atoms with Crippen molar-refractivity contribution in [2.24, 2.45) is 0 Å². The molecule has 2 aromatic carbocycles. The molecule has 1 amide bonds. The lowest BCUT2D eigenvalue weighted by molar-refractivity contribution is 0.0686. The number of ether oxygens (including phenoxy) is 2. The molecule has 0 atom stereocenters. The molecule has 29 heavy (non-hydrogen) atoms. The van der Waals surface area contributed by atoms with Gasteiger partial charge in [0.1, 0.15) is 5.52 Å². The molecular weight excluding hydrogens is 372 g/mol. The van der Waals surface area contributed by atoms with Crippen LogP contribution in [-0.4, -0.2) is 53.1 Å². The SMILES string of the molecule is COc1ccc(C(=O)N2CCC(n3nnc4ccccc4c3=O)CC2)cc1OC. The molecule has 1 aromatic heterocycles. The quantitative estimate of drug-likeness (QED) is 0.675. The molecule has 0 spiro atoms. The van der Waals surface area contributed by atoms with Crippen molar-refractivity contribution in [3.05, 3.63) is 58.4 Å². The molecule has 0 radical (unpaired) electrons. The van der Waals surface area contributed by atoms with Crippen molar-refractivity contribution in [3.8, 4) is 11.5 Å². The van der Waals surface area contributed by atoms with Crippen molar-refractivity contribution in [1.29, 1.82) is 0 Å². The second-order valence-electron chi connectivity index (χ2n) is 6.95. The van der Waals surface area contributed by atoms with E-state index < -0.39 is 0 Å². The molecule has 4 rings (SSSR count).